The average Bonchev–Trinajstić information content (AvgIpc) is 2.61. The van der Waals surface area contributed by atoms with E-state index >= 15 is 0 Å². The molecule has 0 bridgehead atoms. The predicted octanol–water partition coefficient (Wildman–Crippen LogP) is 4.33. The molecule has 3 N–H and O–H groups in total. The molecule has 24 heavy (non-hydrogen) atoms. The Morgan fingerprint density at radius 1 is 1.00 bits per heavy atom. The largest absolute Gasteiger partial charge is 0.437 e. The van der Waals surface area contributed by atoms with E-state index in [2.05, 4.69) is 34.3 Å². The molecule has 0 fully saturated rings. The van der Waals surface area contributed by atoms with Gasteiger partial charge in [0.2, 0.25) is 5.88 Å². The van der Waals surface area contributed by atoms with Gasteiger partial charge in [-0.25, -0.2) is 4.98 Å². The summed E-state index contributed by atoms with van der Waals surface area (Å²) in [6, 6.07) is 17.9. The lowest BCUT2D eigenvalue weighted by Crippen LogP contribution is -2.11. The first-order valence-electron chi connectivity index (χ1n) is 7.80. The van der Waals surface area contributed by atoms with E-state index in [1.165, 1.54) is 6.33 Å². The van der Waals surface area contributed by atoms with Crippen molar-refractivity contribution in [2.75, 3.05) is 11.1 Å². The highest BCUT2D eigenvalue weighted by Crippen LogP contribution is 2.31. The number of aryl methyl sites for hydroxylation is 1. The molecular formula is C19H20N4O. The van der Waals surface area contributed by atoms with Crippen molar-refractivity contribution in [1.82, 2.24) is 9.97 Å². The zero-order valence-corrected chi connectivity index (χ0v) is 13.7. The molecule has 1 unspecified atom stereocenters. The number of ether oxygens (including phenoxy) is 1. The monoisotopic (exact) mass is 320 g/mol. The van der Waals surface area contributed by atoms with Crippen LogP contribution in [0.2, 0.25) is 0 Å². The maximum atomic E-state index is 6.17. The van der Waals surface area contributed by atoms with Gasteiger partial charge in [0.15, 0.2) is 5.82 Å². The van der Waals surface area contributed by atoms with Crippen LogP contribution in [0, 0.1) is 6.92 Å². The van der Waals surface area contributed by atoms with E-state index in [4.69, 9.17) is 10.5 Å². The van der Waals surface area contributed by atoms with Gasteiger partial charge < -0.3 is 15.8 Å². The summed E-state index contributed by atoms with van der Waals surface area (Å²) in [6.07, 6.45) is 1.44. The lowest BCUT2D eigenvalue weighted by atomic mass is 10.1. The summed E-state index contributed by atoms with van der Waals surface area (Å²) in [5.41, 5.74) is 8.88. The number of hydrogen-bond acceptors (Lipinski definition) is 5. The summed E-state index contributed by atoms with van der Waals surface area (Å²) in [6.45, 7) is 4.08. The quantitative estimate of drug-likeness (QED) is 0.732. The van der Waals surface area contributed by atoms with Crippen LogP contribution in [0.3, 0.4) is 0 Å². The molecule has 0 aliphatic rings. The van der Waals surface area contributed by atoms with E-state index in [0.29, 0.717) is 23.1 Å². The first-order valence-corrected chi connectivity index (χ1v) is 7.80. The van der Waals surface area contributed by atoms with Gasteiger partial charge in [-0.15, -0.1) is 0 Å². The van der Waals surface area contributed by atoms with Crippen LogP contribution < -0.4 is 15.8 Å². The van der Waals surface area contributed by atoms with Gasteiger partial charge in [0.25, 0.3) is 0 Å². The Hall–Kier alpha value is -3.08. The van der Waals surface area contributed by atoms with Crippen molar-refractivity contribution < 1.29 is 4.74 Å². The van der Waals surface area contributed by atoms with Crippen LogP contribution in [0.15, 0.2) is 60.9 Å². The van der Waals surface area contributed by atoms with Gasteiger partial charge in [-0.3, -0.25) is 0 Å². The summed E-state index contributed by atoms with van der Waals surface area (Å²) in [5.74, 6) is 1.59. The fourth-order valence-electron chi connectivity index (χ4n) is 2.32. The van der Waals surface area contributed by atoms with E-state index < -0.39 is 0 Å². The van der Waals surface area contributed by atoms with Gasteiger partial charge >= 0.3 is 0 Å². The Bertz CT molecular complexity index is 803. The Labute approximate surface area is 141 Å². The first kappa shape index (κ1) is 15.8. The van der Waals surface area contributed by atoms with Gasteiger partial charge in [-0.2, -0.15) is 4.98 Å². The summed E-state index contributed by atoms with van der Waals surface area (Å²) in [7, 11) is 0. The molecule has 0 aliphatic heterocycles. The third kappa shape index (κ3) is 3.63. The van der Waals surface area contributed by atoms with E-state index in [9.17, 15) is 0 Å². The predicted molar refractivity (Wildman–Crippen MR) is 96.2 cm³/mol. The molecular weight excluding hydrogens is 300 g/mol. The summed E-state index contributed by atoms with van der Waals surface area (Å²) in [4.78, 5) is 8.37. The fraction of sp³-hybridized carbons (Fsp3) is 0.158. The highest BCUT2D eigenvalue weighted by molar-refractivity contribution is 5.67. The van der Waals surface area contributed by atoms with Crippen LogP contribution in [-0.4, -0.2) is 9.97 Å². The molecule has 1 aromatic heterocycles. The molecule has 1 heterocycles. The first-order chi connectivity index (χ1) is 11.6. The Morgan fingerprint density at radius 2 is 1.71 bits per heavy atom. The van der Waals surface area contributed by atoms with E-state index in [1.807, 2.05) is 49.4 Å². The van der Waals surface area contributed by atoms with E-state index in [1.54, 1.807) is 0 Å². The van der Waals surface area contributed by atoms with Crippen LogP contribution in [0.25, 0.3) is 0 Å². The van der Waals surface area contributed by atoms with Crippen molar-refractivity contribution >= 4 is 11.5 Å². The minimum Gasteiger partial charge on any atom is -0.437 e. The van der Waals surface area contributed by atoms with Gasteiger partial charge in [0, 0.05) is 0 Å². The maximum absolute atomic E-state index is 6.17. The second-order valence-electron chi connectivity index (χ2n) is 5.63. The molecule has 0 saturated heterocycles. The summed E-state index contributed by atoms with van der Waals surface area (Å²) < 4.78 is 5.78. The smallest absolute Gasteiger partial charge is 0.248 e. The number of rotatable bonds is 5. The van der Waals surface area contributed by atoms with Crippen LogP contribution in [0.4, 0.5) is 11.5 Å². The Morgan fingerprint density at radius 3 is 2.42 bits per heavy atom. The van der Waals surface area contributed by atoms with Crippen molar-refractivity contribution in [3.63, 3.8) is 0 Å². The summed E-state index contributed by atoms with van der Waals surface area (Å²) >= 11 is 0. The van der Waals surface area contributed by atoms with Crippen molar-refractivity contribution in [2.45, 2.75) is 19.9 Å². The third-order valence-corrected chi connectivity index (χ3v) is 3.74. The molecule has 0 spiro atoms. The van der Waals surface area contributed by atoms with Crippen LogP contribution >= 0.6 is 0 Å². The molecule has 0 amide bonds. The van der Waals surface area contributed by atoms with Crippen molar-refractivity contribution in [2.24, 2.45) is 0 Å². The molecule has 0 radical (unpaired) electrons. The number of aromatic nitrogens is 2. The molecule has 5 heteroatoms. The SMILES string of the molecule is Cc1ccc(Oc2ncnc(NC(C)c3ccccc3)c2N)cc1. The molecule has 5 nitrogen and oxygen atoms in total. The lowest BCUT2D eigenvalue weighted by molar-refractivity contribution is 0.464. The molecule has 0 aliphatic carbocycles. The maximum Gasteiger partial charge on any atom is 0.248 e. The Balaban J connectivity index is 1.79. The van der Waals surface area contributed by atoms with E-state index in [-0.39, 0.29) is 6.04 Å². The number of nitrogens with zero attached hydrogens (tertiary/aromatic N) is 2. The topological polar surface area (TPSA) is 73.1 Å². The third-order valence-electron chi connectivity index (χ3n) is 3.74. The Kier molecular flexibility index (Phi) is 4.61. The minimum absolute atomic E-state index is 0.0654. The second-order valence-corrected chi connectivity index (χ2v) is 5.63. The van der Waals surface area contributed by atoms with Crippen molar-refractivity contribution in [1.29, 1.82) is 0 Å². The molecule has 0 saturated carbocycles. The van der Waals surface area contributed by atoms with Crippen LogP contribution in [0.1, 0.15) is 24.1 Å². The average molecular weight is 320 g/mol. The number of benzene rings is 2. The zero-order chi connectivity index (χ0) is 16.9. The van der Waals surface area contributed by atoms with Gasteiger partial charge in [0.05, 0.1) is 6.04 Å². The number of nitrogens with one attached hydrogen (secondary N) is 1. The zero-order valence-electron chi connectivity index (χ0n) is 13.7. The number of anilines is 2. The highest BCUT2D eigenvalue weighted by Gasteiger charge is 2.13. The van der Waals surface area contributed by atoms with Crippen LogP contribution in [0.5, 0.6) is 11.6 Å². The standard InChI is InChI=1S/C19H20N4O/c1-13-8-10-16(11-9-13)24-19-17(20)18(21-12-22-19)23-14(2)15-6-4-3-5-7-15/h3-12,14H,20H2,1-2H3,(H,21,22,23). The number of nitrogen functional groups attached to an aromatic ring is 1. The number of nitrogens with two attached hydrogens (primary N) is 1. The van der Waals surface area contributed by atoms with Crippen molar-refractivity contribution in [3.8, 4) is 11.6 Å². The normalized spacial score (nSPS) is 11.8. The molecule has 2 aromatic carbocycles. The molecule has 3 rings (SSSR count). The van der Waals surface area contributed by atoms with Crippen LogP contribution in [-0.2, 0) is 0 Å². The lowest BCUT2D eigenvalue weighted by Gasteiger charge is -2.17. The summed E-state index contributed by atoms with van der Waals surface area (Å²) in [5, 5.41) is 3.31. The number of hydrogen-bond donors (Lipinski definition) is 2. The van der Waals surface area contributed by atoms with E-state index in [0.717, 1.165) is 11.1 Å². The minimum atomic E-state index is 0.0654. The van der Waals surface area contributed by atoms with Gasteiger partial charge in [-0.1, -0.05) is 48.0 Å². The van der Waals surface area contributed by atoms with Gasteiger partial charge in [0.1, 0.15) is 17.8 Å². The highest BCUT2D eigenvalue weighted by atomic mass is 16.5. The molecule has 1 atom stereocenters. The fourth-order valence-corrected chi connectivity index (χ4v) is 2.32. The van der Waals surface area contributed by atoms with Crippen molar-refractivity contribution in [3.05, 3.63) is 72.1 Å². The van der Waals surface area contributed by atoms with Gasteiger partial charge in [-0.05, 0) is 31.5 Å². The molecule has 122 valence electrons. The second kappa shape index (κ2) is 7.00. The molecule has 3 aromatic rings.